The van der Waals surface area contributed by atoms with Gasteiger partial charge < -0.3 is 9.47 Å². The summed E-state index contributed by atoms with van der Waals surface area (Å²) in [4.78, 5) is 9.65. The molecule has 0 saturated carbocycles. The molecule has 2 aromatic rings. The molecule has 0 aliphatic rings. The van der Waals surface area contributed by atoms with Gasteiger partial charge in [-0.1, -0.05) is 71.2 Å². The summed E-state index contributed by atoms with van der Waals surface area (Å²) in [5, 5.41) is 0.795. The van der Waals surface area contributed by atoms with Crippen molar-refractivity contribution in [2.75, 3.05) is 19.0 Å². The molecular weight excluding hydrogens is 380 g/mol. The molecule has 0 saturated heterocycles. The molecule has 0 aliphatic heterocycles. The van der Waals surface area contributed by atoms with Crippen LogP contribution in [-0.2, 0) is 12.8 Å². The number of ether oxygens (including phenoxy) is 2. The molecule has 0 bridgehead atoms. The Morgan fingerprint density at radius 1 is 1.10 bits per heavy atom. The van der Waals surface area contributed by atoms with Gasteiger partial charge in [-0.15, -0.1) is 0 Å². The van der Waals surface area contributed by atoms with E-state index in [4.69, 9.17) is 19.4 Å². The number of rotatable bonds is 12. The van der Waals surface area contributed by atoms with E-state index in [2.05, 4.69) is 53.3 Å². The zero-order valence-electron chi connectivity index (χ0n) is 18.4. The summed E-state index contributed by atoms with van der Waals surface area (Å²) in [6.45, 7) is 15.7. The second-order valence-electron chi connectivity index (χ2n) is 7.92. The van der Waals surface area contributed by atoms with Crippen molar-refractivity contribution in [2.24, 2.45) is 11.8 Å². The molecule has 4 nitrogen and oxygen atoms in total. The molecule has 2 rings (SSSR count). The quantitative estimate of drug-likeness (QED) is 0.243. The third-order valence-electron chi connectivity index (χ3n) is 4.12. The highest BCUT2D eigenvalue weighted by atomic mass is 32.2. The van der Waals surface area contributed by atoms with Crippen LogP contribution in [0.3, 0.4) is 0 Å². The summed E-state index contributed by atoms with van der Waals surface area (Å²) >= 11 is 1.70. The Labute approximate surface area is 180 Å². The van der Waals surface area contributed by atoms with Crippen LogP contribution in [-0.4, -0.2) is 28.9 Å². The molecule has 0 fully saturated rings. The van der Waals surface area contributed by atoms with Crippen molar-refractivity contribution in [3.05, 3.63) is 53.7 Å². The van der Waals surface area contributed by atoms with Gasteiger partial charge in [0, 0.05) is 17.7 Å². The Morgan fingerprint density at radius 3 is 2.55 bits per heavy atom. The summed E-state index contributed by atoms with van der Waals surface area (Å²) in [5.41, 5.74) is 3.29. The van der Waals surface area contributed by atoms with Crippen molar-refractivity contribution in [1.82, 2.24) is 9.97 Å². The molecule has 0 atom stereocenters. The smallest absolute Gasteiger partial charge is 0.220 e. The molecule has 158 valence electrons. The molecule has 0 aliphatic carbocycles. The molecule has 0 unspecified atom stereocenters. The highest BCUT2D eigenvalue weighted by molar-refractivity contribution is 7.99. The van der Waals surface area contributed by atoms with Crippen molar-refractivity contribution >= 4 is 11.8 Å². The van der Waals surface area contributed by atoms with E-state index in [-0.39, 0.29) is 0 Å². The largest absolute Gasteiger partial charge is 0.490 e. The van der Waals surface area contributed by atoms with Crippen molar-refractivity contribution in [3.63, 3.8) is 0 Å². The first-order valence-electron chi connectivity index (χ1n) is 10.4. The Kier molecular flexibility index (Phi) is 9.52. The van der Waals surface area contributed by atoms with Crippen LogP contribution in [0.15, 0.2) is 42.1 Å². The van der Waals surface area contributed by atoms with Gasteiger partial charge in [0.05, 0.1) is 12.3 Å². The lowest BCUT2D eigenvalue weighted by Gasteiger charge is -2.16. The summed E-state index contributed by atoms with van der Waals surface area (Å²) in [5.74, 6) is 3.59. The van der Waals surface area contributed by atoms with E-state index >= 15 is 0 Å². The van der Waals surface area contributed by atoms with E-state index in [1.165, 1.54) is 0 Å². The lowest BCUT2D eigenvalue weighted by Crippen LogP contribution is -2.11. The summed E-state index contributed by atoms with van der Waals surface area (Å²) in [6.07, 6.45) is 3.32. The molecule has 29 heavy (non-hydrogen) atoms. The van der Waals surface area contributed by atoms with Crippen LogP contribution in [0, 0.1) is 11.8 Å². The minimum atomic E-state index is 0.448. The van der Waals surface area contributed by atoms with Crippen LogP contribution >= 0.6 is 11.8 Å². The van der Waals surface area contributed by atoms with E-state index in [1.807, 2.05) is 12.1 Å². The van der Waals surface area contributed by atoms with E-state index in [0.717, 1.165) is 52.2 Å². The predicted molar refractivity (Wildman–Crippen MR) is 122 cm³/mol. The minimum Gasteiger partial charge on any atom is -0.490 e. The number of thioether (sulfide) groups is 1. The third kappa shape index (κ3) is 7.73. The molecule has 0 amide bonds. The van der Waals surface area contributed by atoms with Gasteiger partial charge in [-0.25, -0.2) is 4.98 Å². The van der Waals surface area contributed by atoms with Crippen LogP contribution in [0.2, 0.25) is 0 Å². The van der Waals surface area contributed by atoms with E-state index in [1.54, 1.807) is 17.8 Å². The summed E-state index contributed by atoms with van der Waals surface area (Å²) in [6, 6.07) is 8.17. The van der Waals surface area contributed by atoms with E-state index in [0.29, 0.717) is 25.0 Å². The molecule has 1 heterocycles. The Bertz CT molecular complexity index is 790. The zero-order chi connectivity index (χ0) is 21.2. The molecule has 5 heteroatoms. The standard InChI is InChI=1S/C24H34N2O2S/c1-7-12-27-20-11-9-10-19(13-20)14-22-21(8-2)23(28-15-17(3)4)26-24(25-22)29-16-18(5)6/h7,9-11,13,17-18H,1,8,12,14-16H2,2-6H3. The lowest BCUT2D eigenvalue weighted by atomic mass is 10.0. The van der Waals surface area contributed by atoms with Gasteiger partial charge in [0.15, 0.2) is 5.16 Å². The molecular formula is C24H34N2O2S. The second kappa shape index (κ2) is 11.9. The van der Waals surface area contributed by atoms with Crippen molar-refractivity contribution in [1.29, 1.82) is 0 Å². The number of nitrogens with zero attached hydrogens (tertiary/aromatic N) is 2. The third-order valence-corrected chi connectivity index (χ3v) is 5.40. The zero-order valence-corrected chi connectivity index (χ0v) is 19.2. The monoisotopic (exact) mass is 414 g/mol. The Morgan fingerprint density at radius 2 is 1.90 bits per heavy atom. The Hall–Kier alpha value is -2.01. The second-order valence-corrected chi connectivity index (χ2v) is 8.91. The van der Waals surface area contributed by atoms with Gasteiger partial charge in [-0.2, -0.15) is 4.98 Å². The molecule has 0 radical (unpaired) electrons. The first-order valence-corrected chi connectivity index (χ1v) is 11.4. The van der Waals surface area contributed by atoms with Crippen LogP contribution in [0.4, 0.5) is 0 Å². The first-order chi connectivity index (χ1) is 13.9. The summed E-state index contributed by atoms with van der Waals surface area (Å²) in [7, 11) is 0. The van der Waals surface area contributed by atoms with Gasteiger partial charge in [0.2, 0.25) is 5.88 Å². The van der Waals surface area contributed by atoms with Crippen LogP contribution in [0.25, 0.3) is 0 Å². The molecule has 0 spiro atoms. The van der Waals surface area contributed by atoms with Crippen molar-refractivity contribution in [2.45, 2.75) is 52.6 Å². The van der Waals surface area contributed by atoms with Gasteiger partial charge in [0.25, 0.3) is 0 Å². The average Bonchev–Trinajstić information content (AvgIpc) is 2.69. The van der Waals surface area contributed by atoms with E-state index < -0.39 is 0 Å². The maximum atomic E-state index is 6.09. The SMILES string of the molecule is C=CCOc1cccc(Cc2nc(SCC(C)C)nc(OCC(C)C)c2CC)c1. The van der Waals surface area contributed by atoms with Gasteiger partial charge >= 0.3 is 0 Å². The topological polar surface area (TPSA) is 44.2 Å². The fraction of sp³-hybridized carbons (Fsp3) is 0.500. The molecule has 1 aromatic heterocycles. The fourth-order valence-electron chi connectivity index (χ4n) is 2.75. The number of benzene rings is 1. The number of aromatic nitrogens is 2. The van der Waals surface area contributed by atoms with Gasteiger partial charge in [-0.3, -0.25) is 0 Å². The number of hydrogen-bond donors (Lipinski definition) is 0. The number of hydrogen-bond acceptors (Lipinski definition) is 5. The van der Waals surface area contributed by atoms with Gasteiger partial charge in [0.1, 0.15) is 12.4 Å². The minimum absolute atomic E-state index is 0.448. The average molecular weight is 415 g/mol. The maximum Gasteiger partial charge on any atom is 0.220 e. The highest BCUT2D eigenvalue weighted by Gasteiger charge is 2.16. The van der Waals surface area contributed by atoms with Gasteiger partial charge in [-0.05, 0) is 36.0 Å². The predicted octanol–water partition coefficient (Wildman–Crippen LogP) is 5.98. The maximum absolute atomic E-state index is 6.09. The Balaban J connectivity index is 2.35. The van der Waals surface area contributed by atoms with Crippen LogP contribution < -0.4 is 9.47 Å². The van der Waals surface area contributed by atoms with Crippen LogP contribution in [0.1, 0.15) is 51.4 Å². The normalized spacial score (nSPS) is 11.1. The van der Waals surface area contributed by atoms with E-state index in [9.17, 15) is 0 Å². The fourth-order valence-corrected chi connectivity index (χ4v) is 3.56. The lowest BCUT2D eigenvalue weighted by molar-refractivity contribution is 0.255. The highest BCUT2D eigenvalue weighted by Crippen LogP contribution is 2.28. The van der Waals surface area contributed by atoms with Crippen molar-refractivity contribution in [3.8, 4) is 11.6 Å². The molecule has 0 N–H and O–H groups in total. The molecule has 1 aromatic carbocycles. The van der Waals surface area contributed by atoms with Crippen molar-refractivity contribution < 1.29 is 9.47 Å². The summed E-state index contributed by atoms with van der Waals surface area (Å²) < 4.78 is 11.8. The first kappa shape index (κ1) is 23.3. The van der Waals surface area contributed by atoms with Crippen LogP contribution in [0.5, 0.6) is 11.6 Å².